The van der Waals surface area contributed by atoms with Crippen molar-refractivity contribution in [2.75, 3.05) is 20.2 Å². The minimum absolute atomic E-state index is 0.168. The highest BCUT2D eigenvalue weighted by Gasteiger charge is 2.38. The van der Waals surface area contributed by atoms with Crippen LogP contribution in [-0.2, 0) is 4.74 Å². The first-order chi connectivity index (χ1) is 7.70. The fraction of sp³-hybridized carbons (Fsp3) is 0.917. The van der Waals surface area contributed by atoms with Gasteiger partial charge in [-0.25, -0.2) is 4.79 Å². The predicted octanol–water partition coefficient (Wildman–Crippen LogP) is 2.13. The fourth-order valence-corrected chi connectivity index (χ4v) is 2.74. The molecule has 94 valence electrons. The van der Waals surface area contributed by atoms with E-state index in [1.807, 2.05) is 11.8 Å². The van der Waals surface area contributed by atoms with Gasteiger partial charge in [0.1, 0.15) is 0 Å². The van der Waals surface area contributed by atoms with Crippen molar-refractivity contribution in [2.45, 2.75) is 51.0 Å². The summed E-state index contributed by atoms with van der Waals surface area (Å²) in [5.41, 5.74) is 5.76. The number of carbonyl (C=O) groups excluding carboxylic acids is 1. The molecule has 0 aromatic heterocycles. The Morgan fingerprint density at radius 1 is 1.31 bits per heavy atom. The number of nitrogens with zero attached hydrogens (tertiary/aromatic N) is 1. The first-order valence-corrected chi connectivity index (χ1v) is 6.26. The molecule has 1 aliphatic carbocycles. The molecule has 4 heteroatoms. The van der Waals surface area contributed by atoms with Gasteiger partial charge in [0, 0.05) is 13.1 Å². The van der Waals surface area contributed by atoms with Crippen molar-refractivity contribution >= 4 is 6.09 Å². The first kappa shape index (κ1) is 13.3. The molecule has 4 nitrogen and oxygen atoms in total. The van der Waals surface area contributed by atoms with E-state index in [1.54, 1.807) is 0 Å². The Morgan fingerprint density at radius 3 is 2.25 bits per heavy atom. The molecule has 16 heavy (non-hydrogen) atoms. The lowest BCUT2D eigenvalue weighted by Crippen LogP contribution is -2.56. The third-order valence-corrected chi connectivity index (χ3v) is 3.70. The van der Waals surface area contributed by atoms with Gasteiger partial charge in [-0.1, -0.05) is 25.7 Å². The molecule has 0 radical (unpaired) electrons. The summed E-state index contributed by atoms with van der Waals surface area (Å²) >= 11 is 0. The van der Waals surface area contributed by atoms with E-state index < -0.39 is 0 Å². The number of likely N-dealkylation sites (N-methyl/N-ethyl adjacent to an activating group) is 1. The number of amides is 1. The lowest BCUT2D eigenvalue weighted by atomic mass is 9.88. The molecule has 0 spiro atoms. The smallest absolute Gasteiger partial charge is 0.409 e. The van der Waals surface area contributed by atoms with Gasteiger partial charge in [0.05, 0.1) is 12.6 Å². The van der Waals surface area contributed by atoms with Crippen LogP contribution < -0.4 is 5.73 Å². The summed E-state index contributed by atoms with van der Waals surface area (Å²) in [6.07, 6.45) is 6.59. The highest BCUT2D eigenvalue weighted by atomic mass is 16.5. The number of hydrogen-bond donors (Lipinski definition) is 1. The summed E-state index contributed by atoms with van der Waals surface area (Å²) in [5.74, 6) is 0. The second-order valence-corrected chi connectivity index (χ2v) is 4.56. The molecule has 0 aromatic carbocycles. The number of nitrogens with two attached hydrogens (primary N) is 1. The van der Waals surface area contributed by atoms with Gasteiger partial charge in [-0.3, -0.25) is 0 Å². The number of carbonyl (C=O) groups is 1. The zero-order valence-electron chi connectivity index (χ0n) is 10.5. The van der Waals surface area contributed by atoms with Gasteiger partial charge in [-0.2, -0.15) is 0 Å². The van der Waals surface area contributed by atoms with Crippen molar-refractivity contribution in [3.63, 3.8) is 0 Å². The highest BCUT2D eigenvalue weighted by molar-refractivity contribution is 5.68. The van der Waals surface area contributed by atoms with E-state index in [0.29, 0.717) is 13.1 Å². The minimum atomic E-state index is -0.241. The maximum atomic E-state index is 11.8. The Bertz CT molecular complexity index is 223. The molecule has 1 aliphatic rings. The van der Waals surface area contributed by atoms with Gasteiger partial charge in [0.2, 0.25) is 0 Å². The van der Waals surface area contributed by atoms with E-state index in [1.165, 1.54) is 20.0 Å². The van der Waals surface area contributed by atoms with Crippen LogP contribution in [0, 0.1) is 0 Å². The van der Waals surface area contributed by atoms with Gasteiger partial charge >= 0.3 is 6.09 Å². The van der Waals surface area contributed by atoms with Crippen LogP contribution in [0.5, 0.6) is 0 Å². The molecule has 2 N–H and O–H groups in total. The van der Waals surface area contributed by atoms with E-state index in [0.717, 1.165) is 25.7 Å². The number of hydrogen-bond acceptors (Lipinski definition) is 3. The highest BCUT2D eigenvalue weighted by Crippen LogP contribution is 2.32. The van der Waals surface area contributed by atoms with Crippen molar-refractivity contribution in [3.8, 4) is 0 Å². The van der Waals surface area contributed by atoms with Crippen LogP contribution in [0.25, 0.3) is 0 Å². The molecule has 0 aromatic rings. The number of rotatable bonds is 3. The van der Waals surface area contributed by atoms with Gasteiger partial charge in [-0.15, -0.1) is 0 Å². The number of ether oxygens (including phenoxy) is 1. The molecule has 1 amide bonds. The van der Waals surface area contributed by atoms with E-state index >= 15 is 0 Å². The van der Waals surface area contributed by atoms with Gasteiger partial charge in [0.25, 0.3) is 0 Å². The summed E-state index contributed by atoms with van der Waals surface area (Å²) in [4.78, 5) is 13.6. The van der Waals surface area contributed by atoms with Crippen LogP contribution in [0.4, 0.5) is 4.79 Å². The maximum Gasteiger partial charge on any atom is 0.409 e. The van der Waals surface area contributed by atoms with Crippen LogP contribution in [0.2, 0.25) is 0 Å². The topological polar surface area (TPSA) is 55.6 Å². The SMILES string of the molecule is CCN(C(=O)OC)C1(CN)CCCCCC1. The molecule has 1 fully saturated rings. The zero-order valence-corrected chi connectivity index (χ0v) is 10.5. The molecule has 0 unspecified atom stereocenters. The monoisotopic (exact) mass is 228 g/mol. The summed E-state index contributed by atoms with van der Waals surface area (Å²) in [6, 6.07) is 0. The predicted molar refractivity (Wildman–Crippen MR) is 64.3 cm³/mol. The van der Waals surface area contributed by atoms with Crippen molar-refractivity contribution < 1.29 is 9.53 Å². The maximum absolute atomic E-state index is 11.8. The lowest BCUT2D eigenvalue weighted by Gasteiger charge is -2.41. The van der Waals surface area contributed by atoms with Crippen molar-refractivity contribution in [3.05, 3.63) is 0 Å². The van der Waals surface area contributed by atoms with E-state index in [2.05, 4.69) is 0 Å². The Labute approximate surface area is 98.1 Å². The first-order valence-electron chi connectivity index (χ1n) is 6.26. The van der Waals surface area contributed by atoms with Crippen LogP contribution in [0.15, 0.2) is 0 Å². The van der Waals surface area contributed by atoms with E-state index in [-0.39, 0.29) is 11.6 Å². The van der Waals surface area contributed by atoms with Gasteiger partial charge < -0.3 is 15.4 Å². The third kappa shape index (κ3) is 2.67. The largest absolute Gasteiger partial charge is 0.453 e. The zero-order chi connectivity index (χ0) is 12.0. The molecule has 0 bridgehead atoms. The average Bonchev–Trinajstić information content (AvgIpc) is 2.56. The number of methoxy groups -OCH3 is 1. The van der Waals surface area contributed by atoms with Crippen LogP contribution >= 0.6 is 0 Å². The lowest BCUT2D eigenvalue weighted by molar-refractivity contribution is 0.0594. The quantitative estimate of drug-likeness (QED) is 0.753. The summed E-state index contributed by atoms with van der Waals surface area (Å²) in [5, 5.41) is 0. The molecule has 0 atom stereocenters. The Morgan fingerprint density at radius 2 is 1.88 bits per heavy atom. The molecular weight excluding hydrogens is 204 g/mol. The molecule has 0 aliphatic heterocycles. The van der Waals surface area contributed by atoms with E-state index in [9.17, 15) is 4.79 Å². The fourth-order valence-electron chi connectivity index (χ4n) is 2.74. The third-order valence-electron chi connectivity index (χ3n) is 3.70. The molecule has 0 saturated heterocycles. The van der Waals surface area contributed by atoms with Crippen LogP contribution in [0.1, 0.15) is 45.4 Å². The molecule has 1 saturated carbocycles. The standard InChI is InChI=1S/C12H24N2O2/c1-3-14(11(15)16-2)12(10-13)8-6-4-5-7-9-12/h3-10,13H2,1-2H3. The van der Waals surface area contributed by atoms with Crippen molar-refractivity contribution in [1.82, 2.24) is 4.90 Å². The molecule has 1 rings (SSSR count). The Kier molecular flexibility index (Phi) is 5.06. The summed E-state index contributed by atoms with van der Waals surface area (Å²) < 4.78 is 4.86. The van der Waals surface area contributed by atoms with E-state index in [4.69, 9.17) is 10.5 Å². The van der Waals surface area contributed by atoms with Crippen LogP contribution in [-0.4, -0.2) is 36.7 Å². The van der Waals surface area contributed by atoms with Crippen molar-refractivity contribution in [2.24, 2.45) is 5.73 Å². The van der Waals surface area contributed by atoms with Crippen molar-refractivity contribution in [1.29, 1.82) is 0 Å². The van der Waals surface area contributed by atoms with Crippen LogP contribution in [0.3, 0.4) is 0 Å². The minimum Gasteiger partial charge on any atom is -0.453 e. The van der Waals surface area contributed by atoms with Gasteiger partial charge in [-0.05, 0) is 19.8 Å². The van der Waals surface area contributed by atoms with Gasteiger partial charge in [0.15, 0.2) is 0 Å². The second-order valence-electron chi connectivity index (χ2n) is 4.56. The molecular formula is C12H24N2O2. The average molecular weight is 228 g/mol. The Balaban J connectivity index is 2.85. The normalized spacial score (nSPS) is 19.9. The summed E-state index contributed by atoms with van der Waals surface area (Å²) in [7, 11) is 1.44. The second kappa shape index (κ2) is 6.09. The summed E-state index contributed by atoms with van der Waals surface area (Å²) in [6.45, 7) is 3.19. The molecule has 0 heterocycles. The Hall–Kier alpha value is -0.770.